The highest BCUT2D eigenvalue weighted by Gasteiger charge is 2.27. The summed E-state index contributed by atoms with van der Waals surface area (Å²) in [7, 11) is 0. The molecule has 1 saturated carbocycles. The van der Waals surface area contributed by atoms with Gasteiger partial charge in [0.2, 0.25) is 0 Å². The first-order valence-electron chi connectivity index (χ1n) is 14.1. The molecule has 1 N–H and O–H groups in total. The number of hydrogen-bond acceptors (Lipinski definition) is 6. The molecule has 0 radical (unpaired) electrons. The highest BCUT2D eigenvalue weighted by atomic mass is 16.6. The number of rotatable bonds is 10. The molecule has 2 aliphatic rings. The normalized spacial score (nSPS) is 16.2. The van der Waals surface area contributed by atoms with Crippen molar-refractivity contribution in [1.82, 2.24) is 9.47 Å². The van der Waals surface area contributed by atoms with E-state index in [0.717, 1.165) is 85.6 Å². The van der Waals surface area contributed by atoms with E-state index >= 15 is 0 Å². The molecule has 0 spiro atoms. The molecule has 206 valence electrons. The summed E-state index contributed by atoms with van der Waals surface area (Å²) in [6.07, 6.45) is 4.41. The molecule has 5 rings (SSSR count). The first-order valence-corrected chi connectivity index (χ1v) is 14.1. The van der Waals surface area contributed by atoms with Crippen LogP contribution in [0.3, 0.4) is 0 Å². The Morgan fingerprint density at radius 1 is 1.15 bits per heavy atom. The van der Waals surface area contributed by atoms with Crippen molar-refractivity contribution in [3.63, 3.8) is 0 Å². The van der Waals surface area contributed by atoms with Crippen LogP contribution in [0.5, 0.6) is 5.75 Å². The van der Waals surface area contributed by atoms with Crippen molar-refractivity contribution in [3.8, 4) is 11.8 Å². The minimum Gasteiger partial charge on any atom is -0.493 e. The van der Waals surface area contributed by atoms with E-state index in [1.165, 1.54) is 6.42 Å². The lowest BCUT2D eigenvalue weighted by molar-refractivity contribution is 0.0358. The van der Waals surface area contributed by atoms with E-state index in [4.69, 9.17) is 14.2 Å². The van der Waals surface area contributed by atoms with Crippen LogP contribution in [0, 0.1) is 11.3 Å². The van der Waals surface area contributed by atoms with Gasteiger partial charge < -0.3 is 18.8 Å². The van der Waals surface area contributed by atoms with Crippen LogP contribution in [0.15, 0.2) is 42.5 Å². The number of hydrogen-bond donors (Lipinski definition) is 1. The molecule has 3 aromatic rings. The Labute approximate surface area is 230 Å². The van der Waals surface area contributed by atoms with Crippen molar-refractivity contribution < 1.29 is 19.0 Å². The second-order valence-electron chi connectivity index (χ2n) is 10.7. The summed E-state index contributed by atoms with van der Waals surface area (Å²) in [5, 5.41) is 13.9. The molecule has 0 unspecified atom stereocenters. The zero-order valence-corrected chi connectivity index (χ0v) is 22.9. The predicted molar refractivity (Wildman–Crippen MR) is 151 cm³/mol. The van der Waals surface area contributed by atoms with Crippen molar-refractivity contribution in [2.24, 2.45) is 0 Å². The number of carbonyl (C=O) groups is 1. The summed E-state index contributed by atoms with van der Waals surface area (Å²) < 4.78 is 19.1. The van der Waals surface area contributed by atoms with E-state index in [1.807, 2.05) is 50.2 Å². The molecule has 8 heteroatoms. The van der Waals surface area contributed by atoms with Crippen LogP contribution in [0.2, 0.25) is 0 Å². The number of benzene rings is 2. The Kier molecular flexibility index (Phi) is 8.70. The maximum absolute atomic E-state index is 11.9. The van der Waals surface area contributed by atoms with Crippen molar-refractivity contribution in [3.05, 3.63) is 59.3 Å². The summed E-state index contributed by atoms with van der Waals surface area (Å²) in [5.74, 6) is 0.849. The van der Waals surface area contributed by atoms with Gasteiger partial charge in [-0.2, -0.15) is 5.26 Å². The Hall–Kier alpha value is -3.54. The fourth-order valence-corrected chi connectivity index (χ4v) is 5.36. The number of nitrogens with one attached hydrogen (secondary N) is 1. The topological polar surface area (TPSA) is 88.8 Å². The minimum absolute atomic E-state index is 0.178. The monoisotopic (exact) mass is 530 g/mol. The minimum atomic E-state index is -0.464. The van der Waals surface area contributed by atoms with Gasteiger partial charge in [0.05, 0.1) is 37.0 Å². The van der Waals surface area contributed by atoms with Gasteiger partial charge in [0, 0.05) is 54.9 Å². The number of nitrogens with zero attached hydrogens (tertiary/aromatic N) is 3. The lowest BCUT2D eigenvalue weighted by atomic mass is 9.92. The average Bonchev–Trinajstić information content (AvgIpc) is 3.19. The number of nitriles is 1. The lowest BCUT2D eigenvalue weighted by Crippen LogP contribution is -2.37. The summed E-state index contributed by atoms with van der Waals surface area (Å²) in [4.78, 5) is 14.4. The molecule has 1 saturated heterocycles. The van der Waals surface area contributed by atoms with Gasteiger partial charge in [-0.3, -0.25) is 10.2 Å². The standard InChI is InChI=1S/C31H38N4O4/c1-22(2)39-31(36)33-24-9-7-23(8-10-24)19-29-28(21-32)27-12-11-26(20-30(27)35(29)25-5-3-6-25)38-16-4-13-34-14-17-37-18-15-34/h7-12,20,22,25H,3-6,13-19H2,1-2H3,(H,33,36). The highest BCUT2D eigenvalue weighted by molar-refractivity contribution is 5.89. The number of morpholine rings is 1. The molecular weight excluding hydrogens is 492 g/mol. The van der Waals surface area contributed by atoms with E-state index < -0.39 is 6.09 Å². The molecular formula is C31H38N4O4. The van der Waals surface area contributed by atoms with Gasteiger partial charge in [-0.1, -0.05) is 12.1 Å². The molecule has 8 nitrogen and oxygen atoms in total. The molecule has 39 heavy (non-hydrogen) atoms. The fourth-order valence-electron chi connectivity index (χ4n) is 5.36. The number of aromatic nitrogens is 1. The molecule has 2 heterocycles. The zero-order valence-electron chi connectivity index (χ0n) is 22.9. The number of anilines is 1. The average molecular weight is 531 g/mol. The van der Waals surface area contributed by atoms with Gasteiger partial charge in [0.25, 0.3) is 0 Å². The van der Waals surface area contributed by atoms with E-state index in [1.54, 1.807) is 0 Å². The largest absolute Gasteiger partial charge is 0.493 e. The Bertz CT molecular complexity index is 1320. The molecule has 2 aromatic carbocycles. The van der Waals surface area contributed by atoms with E-state index in [-0.39, 0.29) is 6.10 Å². The van der Waals surface area contributed by atoms with Crippen LogP contribution in [-0.4, -0.2) is 61.1 Å². The third-order valence-electron chi connectivity index (χ3n) is 7.53. The summed E-state index contributed by atoms with van der Waals surface area (Å²) in [6, 6.07) is 16.8. The van der Waals surface area contributed by atoms with Crippen LogP contribution in [0.25, 0.3) is 10.9 Å². The van der Waals surface area contributed by atoms with Gasteiger partial charge >= 0.3 is 6.09 Å². The Morgan fingerprint density at radius 2 is 1.92 bits per heavy atom. The van der Waals surface area contributed by atoms with Crippen LogP contribution in [-0.2, 0) is 15.9 Å². The quantitative estimate of drug-likeness (QED) is 0.329. The number of carbonyl (C=O) groups excluding carboxylic acids is 1. The first kappa shape index (κ1) is 27.0. The summed E-state index contributed by atoms with van der Waals surface area (Å²) >= 11 is 0. The second-order valence-corrected chi connectivity index (χ2v) is 10.7. The Balaban J connectivity index is 1.33. The van der Waals surface area contributed by atoms with Gasteiger partial charge in [0.15, 0.2) is 0 Å². The molecule has 1 aliphatic heterocycles. The van der Waals surface area contributed by atoms with Crippen LogP contribution in [0.1, 0.15) is 62.4 Å². The van der Waals surface area contributed by atoms with Gasteiger partial charge in [0.1, 0.15) is 11.8 Å². The zero-order chi connectivity index (χ0) is 27.2. The summed E-state index contributed by atoms with van der Waals surface area (Å²) in [5.41, 5.74) is 4.61. The third kappa shape index (κ3) is 6.55. The molecule has 2 fully saturated rings. The SMILES string of the molecule is CC(C)OC(=O)Nc1ccc(Cc2c(C#N)c3ccc(OCCCN4CCOCC4)cc3n2C2CCC2)cc1. The smallest absolute Gasteiger partial charge is 0.411 e. The number of fused-ring (bicyclic) bond motifs is 1. The van der Waals surface area contributed by atoms with Crippen LogP contribution in [0.4, 0.5) is 10.5 Å². The molecule has 1 aromatic heterocycles. The molecule has 0 atom stereocenters. The molecule has 1 amide bonds. The van der Waals surface area contributed by atoms with Crippen molar-refractivity contribution in [2.45, 2.75) is 58.1 Å². The predicted octanol–water partition coefficient (Wildman–Crippen LogP) is 5.89. The first-order chi connectivity index (χ1) is 19.0. The maximum Gasteiger partial charge on any atom is 0.411 e. The maximum atomic E-state index is 11.9. The van der Waals surface area contributed by atoms with Gasteiger partial charge in [-0.25, -0.2) is 4.79 Å². The van der Waals surface area contributed by atoms with Crippen molar-refractivity contribution in [2.75, 3.05) is 44.8 Å². The molecule has 0 bridgehead atoms. The van der Waals surface area contributed by atoms with Crippen LogP contribution < -0.4 is 10.1 Å². The lowest BCUT2D eigenvalue weighted by Gasteiger charge is -2.30. The van der Waals surface area contributed by atoms with Gasteiger partial charge in [-0.05, 0) is 69.4 Å². The van der Waals surface area contributed by atoms with E-state index in [2.05, 4.69) is 26.9 Å². The Morgan fingerprint density at radius 3 is 2.59 bits per heavy atom. The molecule has 1 aliphatic carbocycles. The van der Waals surface area contributed by atoms with Crippen molar-refractivity contribution >= 4 is 22.7 Å². The summed E-state index contributed by atoms with van der Waals surface area (Å²) in [6.45, 7) is 8.92. The highest BCUT2D eigenvalue weighted by Crippen LogP contribution is 2.40. The number of amides is 1. The van der Waals surface area contributed by atoms with Gasteiger partial charge in [-0.15, -0.1) is 0 Å². The third-order valence-corrected chi connectivity index (χ3v) is 7.53. The second kappa shape index (κ2) is 12.5. The fraction of sp³-hybridized carbons (Fsp3) is 0.484. The van der Waals surface area contributed by atoms with Crippen LogP contribution >= 0.6 is 0 Å². The number of ether oxygens (including phenoxy) is 3. The van der Waals surface area contributed by atoms with Crippen molar-refractivity contribution in [1.29, 1.82) is 5.26 Å². The van der Waals surface area contributed by atoms with E-state index in [9.17, 15) is 10.1 Å². The van der Waals surface area contributed by atoms with E-state index in [0.29, 0.717) is 24.8 Å².